The van der Waals surface area contributed by atoms with Gasteiger partial charge in [-0.15, -0.1) is 0 Å². The number of hydrogen-bond acceptors (Lipinski definition) is 6. The number of para-hydroxylation sites is 3. The summed E-state index contributed by atoms with van der Waals surface area (Å²) < 4.78 is 17.0. The maximum Gasteiger partial charge on any atom is 0.280 e. The Hall–Kier alpha value is -4.13. The van der Waals surface area contributed by atoms with Crippen LogP contribution < -0.4 is 14.2 Å². The second kappa shape index (κ2) is 10.8. The van der Waals surface area contributed by atoms with E-state index in [1.54, 1.807) is 31.4 Å². The largest absolute Gasteiger partial charge is 0.496 e. The van der Waals surface area contributed by atoms with Crippen molar-refractivity contribution in [2.75, 3.05) is 13.7 Å². The van der Waals surface area contributed by atoms with E-state index < -0.39 is 10.7 Å². The Morgan fingerprint density at radius 3 is 2.34 bits per heavy atom. The first kappa shape index (κ1) is 22.6. The third-order valence-electron chi connectivity index (χ3n) is 4.63. The van der Waals surface area contributed by atoms with Gasteiger partial charge in [0.25, 0.3) is 5.69 Å². The number of ketones is 1. The van der Waals surface area contributed by atoms with Crippen molar-refractivity contribution in [2.24, 2.45) is 0 Å². The monoisotopic (exact) mass is 433 g/mol. The molecule has 0 saturated heterocycles. The number of nitro groups is 1. The molecule has 0 aromatic heterocycles. The summed E-state index contributed by atoms with van der Waals surface area (Å²) in [6.45, 7) is 2.66. The Morgan fingerprint density at radius 2 is 1.66 bits per heavy atom. The summed E-state index contributed by atoms with van der Waals surface area (Å²) >= 11 is 0. The number of benzene rings is 3. The fourth-order valence-corrected chi connectivity index (χ4v) is 3.12. The highest BCUT2D eigenvalue weighted by molar-refractivity contribution is 6.09. The van der Waals surface area contributed by atoms with Crippen molar-refractivity contribution < 1.29 is 23.9 Å². The van der Waals surface area contributed by atoms with Crippen LogP contribution in [0.25, 0.3) is 6.08 Å². The molecule has 7 heteroatoms. The molecule has 0 bridgehead atoms. The molecule has 0 radical (unpaired) electrons. The van der Waals surface area contributed by atoms with E-state index in [1.165, 1.54) is 24.3 Å². The van der Waals surface area contributed by atoms with Crippen LogP contribution in [0.5, 0.6) is 17.2 Å². The zero-order valence-corrected chi connectivity index (χ0v) is 17.8. The predicted molar refractivity (Wildman–Crippen MR) is 121 cm³/mol. The minimum absolute atomic E-state index is 0.0401. The number of ether oxygens (including phenoxy) is 3. The van der Waals surface area contributed by atoms with Crippen LogP contribution in [0.1, 0.15) is 28.4 Å². The van der Waals surface area contributed by atoms with E-state index in [2.05, 4.69) is 0 Å². The summed E-state index contributed by atoms with van der Waals surface area (Å²) in [5.74, 6) is 1.46. The van der Waals surface area contributed by atoms with Crippen molar-refractivity contribution in [1.82, 2.24) is 0 Å². The van der Waals surface area contributed by atoms with E-state index in [0.717, 1.165) is 11.1 Å². The van der Waals surface area contributed by atoms with Crippen LogP contribution in [-0.4, -0.2) is 24.4 Å². The van der Waals surface area contributed by atoms with Crippen LogP contribution >= 0.6 is 0 Å². The van der Waals surface area contributed by atoms with Crippen LogP contribution in [-0.2, 0) is 6.61 Å². The third kappa shape index (κ3) is 5.51. The lowest BCUT2D eigenvalue weighted by molar-refractivity contribution is -0.385. The average molecular weight is 433 g/mol. The van der Waals surface area contributed by atoms with Gasteiger partial charge in [-0.2, -0.15) is 0 Å². The second-order valence-corrected chi connectivity index (χ2v) is 6.71. The number of nitro benzene ring substituents is 1. The van der Waals surface area contributed by atoms with Crippen molar-refractivity contribution in [2.45, 2.75) is 13.5 Å². The topological polar surface area (TPSA) is 87.9 Å². The molecule has 3 rings (SSSR count). The molecule has 0 N–H and O–H groups in total. The molecular weight excluding hydrogens is 410 g/mol. The summed E-state index contributed by atoms with van der Waals surface area (Å²) in [5.41, 5.74) is 1.32. The third-order valence-corrected chi connectivity index (χ3v) is 4.63. The molecule has 0 saturated carbocycles. The summed E-state index contributed by atoms with van der Waals surface area (Å²) in [5, 5.41) is 11.2. The van der Waals surface area contributed by atoms with Crippen LogP contribution in [0.4, 0.5) is 5.69 Å². The van der Waals surface area contributed by atoms with Crippen molar-refractivity contribution >= 4 is 17.5 Å². The highest BCUT2D eigenvalue weighted by Crippen LogP contribution is 2.29. The first-order chi connectivity index (χ1) is 15.5. The number of hydrogen-bond donors (Lipinski definition) is 0. The molecule has 3 aromatic carbocycles. The summed E-state index contributed by atoms with van der Waals surface area (Å²) in [7, 11) is 1.57. The minimum atomic E-state index is -0.565. The van der Waals surface area contributed by atoms with Gasteiger partial charge >= 0.3 is 0 Å². The number of methoxy groups -OCH3 is 1. The van der Waals surface area contributed by atoms with E-state index in [4.69, 9.17) is 14.2 Å². The van der Waals surface area contributed by atoms with Gasteiger partial charge in [0.05, 0.1) is 24.2 Å². The SMILES string of the molecule is CCOc1ccccc1OCc1cc(/C=C/C(=O)c2ccccc2[N+](=O)[O-])ccc1OC. The first-order valence-corrected chi connectivity index (χ1v) is 10.0. The molecule has 0 aliphatic rings. The van der Waals surface area contributed by atoms with Gasteiger partial charge in [-0.1, -0.05) is 36.4 Å². The van der Waals surface area contributed by atoms with Gasteiger partial charge in [0.2, 0.25) is 0 Å². The molecule has 0 unspecified atom stereocenters. The molecule has 3 aromatic rings. The van der Waals surface area contributed by atoms with Crippen LogP contribution in [0.2, 0.25) is 0 Å². The Kier molecular flexibility index (Phi) is 7.59. The number of rotatable bonds is 10. The van der Waals surface area contributed by atoms with Crippen molar-refractivity contribution in [3.8, 4) is 17.2 Å². The van der Waals surface area contributed by atoms with Crippen LogP contribution in [0.15, 0.2) is 72.8 Å². The molecular formula is C25H23NO6. The highest BCUT2D eigenvalue weighted by atomic mass is 16.6. The number of nitrogens with zero attached hydrogens (tertiary/aromatic N) is 1. The molecule has 0 aliphatic carbocycles. The molecule has 0 atom stereocenters. The van der Waals surface area contributed by atoms with Crippen molar-refractivity contribution in [3.05, 3.63) is 99.6 Å². The maximum absolute atomic E-state index is 12.5. The lowest BCUT2D eigenvalue weighted by atomic mass is 10.1. The van der Waals surface area contributed by atoms with Gasteiger partial charge in [0.1, 0.15) is 12.4 Å². The molecule has 0 aliphatic heterocycles. The predicted octanol–water partition coefficient (Wildman–Crippen LogP) is 5.48. The standard InChI is InChI=1S/C25H23NO6/c1-3-31-24-10-6-7-11-25(24)32-17-19-16-18(13-15-23(19)30-2)12-14-22(27)20-8-4-5-9-21(20)26(28)29/h4-16H,3,17H2,1-2H3/b14-12+. The van der Waals surface area contributed by atoms with Crippen LogP contribution in [0.3, 0.4) is 0 Å². The lowest BCUT2D eigenvalue weighted by Gasteiger charge is -2.14. The molecule has 0 amide bonds. The van der Waals surface area contributed by atoms with Crippen molar-refractivity contribution in [1.29, 1.82) is 0 Å². The zero-order valence-electron chi connectivity index (χ0n) is 17.8. The highest BCUT2D eigenvalue weighted by Gasteiger charge is 2.17. The number of carbonyl (C=O) groups excluding carboxylic acids is 1. The Labute approximate surface area is 186 Å². The molecule has 7 nitrogen and oxygen atoms in total. The number of carbonyl (C=O) groups is 1. The lowest BCUT2D eigenvalue weighted by Crippen LogP contribution is -2.02. The molecule has 164 valence electrons. The Bertz CT molecular complexity index is 1140. The van der Waals surface area contributed by atoms with Gasteiger partial charge in [0, 0.05) is 11.6 Å². The maximum atomic E-state index is 12.5. The quantitative estimate of drug-likeness (QED) is 0.182. The van der Waals surface area contributed by atoms with Gasteiger partial charge in [-0.3, -0.25) is 14.9 Å². The number of allylic oxidation sites excluding steroid dienone is 1. The smallest absolute Gasteiger partial charge is 0.280 e. The van der Waals surface area contributed by atoms with E-state index in [0.29, 0.717) is 23.9 Å². The van der Waals surface area contributed by atoms with E-state index in [-0.39, 0.29) is 17.9 Å². The van der Waals surface area contributed by atoms with E-state index in [9.17, 15) is 14.9 Å². The minimum Gasteiger partial charge on any atom is -0.496 e. The normalized spacial score (nSPS) is 10.7. The van der Waals surface area contributed by atoms with Crippen LogP contribution in [0, 0.1) is 10.1 Å². The van der Waals surface area contributed by atoms with Gasteiger partial charge in [-0.25, -0.2) is 0 Å². The van der Waals surface area contributed by atoms with Crippen molar-refractivity contribution in [3.63, 3.8) is 0 Å². The fraction of sp³-hybridized carbons (Fsp3) is 0.160. The fourth-order valence-electron chi connectivity index (χ4n) is 3.12. The average Bonchev–Trinajstić information content (AvgIpc) is 2.82. The summed E-state index contributed by atoms with van der Waals surface area (Å²) in [6.07, 6.45) is 2.93. The van der Waals surface area contributed by atoms with Gasteiger partial charge in [0.15, 0.2) is 17.3 Å². The second-order valence-electron chi connectivity index (χ2n) is 6.71. The molecule has 0 fully saturated rings. The van der Waals surface area contributed by atoms with Gasteiger partial charge < -0.3 is 14.2 Å². The summed E-state index contributed by atoms with van der Waals surface area (Å²) in [6, 6.07) is 18.7. The zero-order chi connectivity index (χ0) is 22.9. The Morgan fingerprint density at radius 1 is 0.969 bits per heavy atom. The molecule has 32 heavy (non-hydrogen) atoms. The summed E-state index contributed by atoms with van der Waals surface area (Å²) in [4.78, 5) is 23.1. The van der Waals surface area contributed by atoms with Gasteiger partial charge in [-0.05, 0) is 48.9 Å². The molecule has 0 spiro atoms. The van der Waals surface area contributed by atoms with E-state index >= 15 is 0 Å². The first-order valence-electron chi connectivity index (χ1n) is 10.0. The van der Waals surface area contributed by atoms with E-state index in [1.807, 2.05) is 37.3 Å². The molecule has 0 heterocycles. The Balaban J connectivity index is 1.79.